The molecule has 2 aliphatic heterocycles. The molecule has 0 saturated carbocycles. The predicted octanol–water partition coefficient (Wildman–Crippen LogP) is 2.28. The van der Waals surface area contributed by atoms with Gasteiger partial charge in [-0.15, -0.1) is 11.3 Å². The highest BCUT2D eigenvalue weighted by Crippen LogP contribution is 2.45. The fraction of sp³-hybridized carbons (Fsp3) is 0.600. The van der Waals surface area contributed by atoms with Crippen molar-refractivity contribution in [2.75, 3.05) is 13.2 Å². The van der Waals surface area contributed by atoms with E-state index < -0.39 is 0 Å². The van der Waals surface area contributed by atoms with Gasteiger partial charge >= 0.3 is 0 Å². The number of rotatable bonds is 1. The van der Waals surface area contributed by atoms with Crippen molar-refractivity contribution in [2.24, 2.45) is 5.92 Å². The van der Waals surface area contributed by atoms with Crippen LogP contribution in [0.1, 0.15) is 11.8 Å². The second-order valence-electron chi connectivity index (χ2n) is 4.14. The molecule has 0 radical (unpaired) electrons. The monoisotopic (exact) mass is 289 g/mol. The molecule has 5 heteroatoms. The highest BCUT2D eigenvalue weighted by molar-refractivity contribution is 9.10. The first-order chi connectivity index (χ1) is 7.22. The lowest BCUT2D eigenvalue weighted by atomic mass is 9.85. The minimum absolute atomic E-state index is 0.115. The Morgan fingerprint density at radius 2 is 2.53 bits per heavy atom. The summed E-state index contributed by atoms with van der Waals surface area (Å²) in [5.74, 6) is 0.419. The van der Waals surface area contributed by atoms with Crippen molar-refractivity contribution in [1.82, 2.24) is 5.48 Å². The Morgan fingerprint density at radius 1 is 1.67 bits per heavy atom. The first-order valence-electron chi connectivity index (χ1n) is 4.97. The molecule has 82 valence electrons. The van der Waals surface area contributed by atoms with E-state index in [0.29, 0.717) is 12.5 Å². The zero-order valence-corrected chi connectivity index (χ0v) is 10.7. The van der Waals surface area contributed by atoms with E-state index in [0.717, 1.165) is 11.1 Å². The fourth-order valence-electron chi connectivity index (χ4n) is 2.38. The smallest absolute Gasteiger partial charge is 0.108 e. The molecule has 1 aromatic rings. The van der Waals surface area contributed by atoms with Crippen molar-refractivity contribution in [3.8, 4) is 0 Å². The summed E-state index contributed by atoms with van der Waals surface area (Å²) >= 11 is 5.24. The maximum absolute atomic E-state index is 5.74. The van der Waals surface area contributed by atoms with Gasteiger partial charge in [0.05, 0.1) is 19.3 Å². The van der Waals surface area contributed by atoms with Crippen molar-refractivity contribution >= 4 is 27.3 Å². The van der Waals surface area contributed by atoms with Gasteiger partial charge in [0.25, 0.3) is 0 Å². The van der Waals surface area contributed by atoms with Gasteiger partial charge < -0.3 is 9.57 Å². The molecule has 3 heterocycles. The first kappa shape index (κ1) is 10.2. The minimum Gasteiger partial charge on any atom is -0.376 e. The predicted molar refractivity (Wildman–Crippen MR) is 61.7 cm³/mol. The molecule has 3 nitrogen and oxygen atoms in total. The van der Waals surface area contributed by atoms with Gasteiger partial charge in [-0.25, -0.2) is 0 Å². The molecule has 2 aliphatic rings. The molecule has 3 rings (SSSR count). The Bertz CT molecular complexity index is 383. The van der Waals surface area contributed by atoms with E-state index in [1.165, 1.54) is 4.88 Å². The van der Waals surface area contributed by atoms with Crippen LogP contribution in [0.3, 0.4) is 0 Å². The van der Waals surface area contributed by atoms with Gasteiger partial charge in [-0.1, -0.05) is 0 Å². The zero-order chi connectivity index (χ0) is 10.5. The molecule has 0 unspecified atom stereocenters. The van der Waals surface area contributed by atoms with Gasteiger partial charge in [0.15, 0.2) is 0 Å². The Morgan fingerprint density at radius 3 is 3.27 bits per heavy atom. The van der Waals surface area contributed by atoms with Gasteiger partial charge in [-0.3, -0.25) is 0 Å². The van der Waals surface area contributed by atoms with Crippen molar-refractivity contribution in [3.63, 3.8) is 0 Å². The van der Waals surface area contributed by atoms with Gasteiger partial charge in [0.2, 0.25) is 0 Å². The number of hydrogen-bond acceptors (Lipinski definition) is 4. The van der Waals surface area contributed by atoms with E-state index in [2.05, 4.69) is 39.8 Å². The van der Waals surface area contributed by atoms with Crippen LogP contribution >= 0.6 is 27.3 Å². The highest BCUT2D eigenvalue weighted by Gasteiger charge is 2.54. The second-order valence-corrected chi connectivity index (χ2v) is 5.96. The van der Waals surface area contributed by atoms with Crippen LogP contribution in [0, 0.1) is 5.92 Å². The molecular formula is C10H12BrNO2S. The SMILES string of the molecule is C[C@H]1OC[C@]2(c3cc(Br)cs3)NOC[C@H]12. The number of hydrogen-bond donors (Lipinski definition) is 1. The van der Waals surface area contributed by atoms with E-state index in [9.17, 15) is 0 Å². The van der Waals surface area contributed by atoms with Crippen molar-refractivity contribution < 1.29 is 9.57 Å². The third kappa shape index (κ3) is 1.41. The lowest BCUT2D eigenvalue weighted by Crippen LogP contribution is -2.41. The molecule has 0 aliphatic carbocycles. The number of ether oxygens (including phenoxy) is 1. The summed E-state index contributed by atoms with van der Waals surface area (Å²) in [4.78, 5) is 6.70. The molecule has 0 spiro atoms. The van der Waals surface area contributed by atoms with Crippen LogP contribution < -0.4 is 5.48 Å². The van der Waals surface area contributed by atoms with Crippen LogP contribution in [0.25, 0.3) is 0 Å². The quantitative estimate of drug-likeness (QED) is 0.860. The summed E-state index contributed by atoms with van der Waals surface area (Å²) in [6.45, 7) is 3.55. The minimum atomic E-state index is -0.115. The standard InChI is InChI=1S/C10H12BrNO2S/c1-6-8-3-14-12-10(8,5-13-6)9-2-7(11)4-15-9/h2,4,6,8,12H,3,5H2,1H3/t6-,8-,10+/m1/s1. The summed E-state index contributed by atoms with van der Waals surface area (Å²) in [6.07, 6.45) is 0.265. The number of halogens is 1. The maximum atomic E-state index is 5.74. The van der Waals surface area contributed by atoms with Crippen molar-refractivity contribution in [2.45, 2.75) is 18.6 Å². The molecule has 1 N–H and O–H groups in total. The van der Waals surface area contributed by atoms with Gasteiger partial charge in [-0.2, -0.15) is 5.48 Å². The van der Waals surface area contributed by atoms with Crippen LogP contribution in [0.4, 0.5) is 0 Å². The average molecular weight is 290 g/mol. The van der Waals surface area contributed by atoms with Gasteiger partial charge in [-0.05, 0) is 28.9 Å². The van der Waals surface area contributed by atoms with Crippen LogP contribution in [-0.4, -0.2) is 19.3 Å². The summed E-state index contributed by atoms with van der Waals surface area (Å²) in [6, 6.07) is 2.15. The van der Waals surface area contributed by atoms with Crippen molar-refractivity contribution in [3.05, 3.63) is 20.8 Å². The normalized spacial score (nSPS) is 39.6. The van der Waals surface area contributed by atoms with Crippen LogP contribution in [0.15, 0.2) is 15.9 Å². The molecule has 0 bridgehead atoms. The number of fused-ring (bicyclic) bond motifs is 1. The molecule has 1 aromatic heterocycles. The Labute approximate surface area is 101 Å². The van der Waals surface area contributed by atoms with E-state index in [-0.39, 0.29) is 11.6 Å². The zero-order valence-electron chi connectivity index (χ0n) is 8.33. The van der Waals surface area contributed by atoms with E-state index in [1.54, 1.807) is 11.3 Å². The Hall–Kier alpha value is 0.0600. The van der Waals surface area contributed by atoms with E-state index >= 15 is 0 Å². The molecule has 0 aromatic carbocycles. The highest BCUT2D eigenvalue weighted by atomic mass is 79.9. The Balaban J connectivity index is 2.02. The topological polar surface area (TPSA) is 30.5 Å². The largest absolute Gasteiger partial charge is 0.376 e. The maximum Gasteiger partial charge on any atom is 0.108 e. The third-order valence-corrected chi connectivity index (χ3v) is 5.17. The summed E-state index contributed by atoms with van der Waals surface area (Å²) < 4.78 is 6.86. The molecule has 0 amide bonds. The number of thiophene rings is 1. The number of hydroxylamine groups is 1. The summed E-state index contributed by atoms with van der Waals surface area (Å²) in [7, 11) is 0. The third-order valence-electron chi connectivity index (χ3n) is 3.30. The lowest BCUT2D eigenvalue weighted by molar-refractivity contribution is 0.00830. The molecule has 2 fully saturated rings. The molecule has 2 saturated heterocycles. The molecule has 3 atom stereocenters. The summed E-state index contributed by atoms with van der Waals surface area (Å²) in [5.41, 5.74) is 3.04. The average Bonchev–Trinajstić information content (AvgIpc) is 2.84. The Kier molecular flexibility index (Phi) is 2.41. The van der Waals surface area contributed by atoms with Crippen LogP contribution in [-0.2, 0) is 15.1 Å². The first-order valence-corrected chi connectivity index (χ1v) is 6.65. The number of nitrogens with one attached hydrogen (secondary N) is 1. The van der Waals surface area contributed by atoms with Crippen LogP contribution in [0.2, 0.25) is 0 Å². The van der Waals surface area contributed by atoms with Crippen molar-refractivity contribution in [1.29, 1.82) is 0 Å². The van der Waals surface area contributed by atoms with E-state index in [4.69, 9.17) is 9.57 Å². The molecular weight excluding hydrogens is 278 g/mol. The molecule has 15 heavy (non-hydrogen) atoms. The lowest BCUT2D eigenvalue weighted by Gasteiger charge is -2.24. The fourth-order valence-corrected chi connectivity index (χ4v) is 4.01. The van der Waals surface area contributed by atoms with Crippen LogP contribution in [0.5, 0.6) is 0 Å². The van der Waals surface area contributed by atoms with E-state index in [1.807, 2.05) is 0 Å². The van der Waals surface area contributed by atoms with Gasteiger partial charge in [0.1, 0.15) is 5.54 Å². The summed E-state index contributed by atoms with van der Waals surface area (Å²) in [5, 5.41) is 2.10. The second kappa shape index (κ2) is 3.53. The van der Waals surface area contributed by atoms with Gasteiger partial charge in [0, 0.05) is 20.6 Å².